The summed E-state index contributed by atoms with van der Waals surface area (Å²) < 4.78 is 4.99. The highest BCUT2D eigenvalue weighted by molar-refractivity contribution is 5.92. The predicted octanol–water partition coefficient (Wildman–Crippen LogP) is 1.55. The molecule has 1 aromatic rings. The van der Waals surface area contributed by atoms with Crippen molar-refractivity contribution in [2.24, 2.45) is 5.10 Å². The lowest BCUT2D eigenvalue weighted by atomic mass is 10.1. The topological polar surface area (TPSA) is 41.9 Å². The van der Waals surface area contributed by atoms with Gasteiger partial charge in [-0.15, -0.1) is 5.10 Å². The maximum Gasteiger partial charge on any atom is 0.341 e. The van der Waals surface area contributed by atoms with Crippen LogP contribution in [0.3, 0.4) is 0 Å². The smallest absolute Gasteiger partial charge is 0.341 e. The number of esters is 1. The molecule has 0 amide bonds. The summed E-state index contributed by atoms with van der Waals surface area (Å²) in [6.07, 6.45) is 0. The minimum atomic E-state index is -0.435. The van der Waals surface area contributed by atoms with Crippen LogP contribution in [0.15, 0.2) is 35.4 Å². The summed E-state index contributed by atoms with van der Waals surface area (Å²) in [7, 11) is 1.77. The Kier molecular flexibility index (Phi) is 2.41. The van der Waals surface area contributed by atoms with Gasteiger partial charge in [0.2, 0.25) is 5.90 Å². The number of hydrogen-bond acceptors (Lipinski definition) is 4. The second-order valence-corrected chi connectivity index (χ2v) is 3.43. The van der Waals surface area contributed by atoms with Gasteiger partial charge in [0.15, 0.2) is 6.04 Å². The van der Waals surface area contributed by atoms with Gasteiger partial charge in [0.25, 0.3) is 0 Å². The van der Waals surface area contributed by atoms with Gasteiger partial charge in [-0.1, -0.05) is 30.3 Å². The van der Waals surface area contributed by atoms with Crippen molar-refractivity contribution in [3.8, 4) is 0 Å². The molecular weight excluding hydrogens is 192 g/mol. The lowest BCUT2D eigenvalue weighted by Gasteiger charge is -2.28. The van der Waals surface area contributed by atoms with Crippen molar-refractivity contribution < 1.29 is 9.53 Å². The van der Waals surface area contributed by atoms with Crippen LogP contribution in [0, 0.1) is 0 Å². The first-order chi connectivity index (χ1) is 7.18. The Balaban J connectivity index is 2.34. The molecule has 1 heterocycles. The molecule has 0 bridgehead atoms. The van der Waals surface area contributed by atoms with Crippen LogP contribution >= 0.6 is 0 Å². The van der Waals surface area contributed by atoms with Gasteiger partial charge in [0, 0.05) is 14.0 Å². The molecule has 0 fully saturated rings. The molecule has 1 aliphatic heterocycles. The van der Waals surface area contributed by atoms with Gasteiger partial charge in [-0.05, 0) is 5.56 Å². The van der Waals surface area contributed by atoms with Crippen LogP contribution in [0.1, 0.15) is 18.5 Å². The normalized spacial score (nSPS) is 20.9. The molecule has 15 heavy (non-hydrogen) atoms. The quantitative estimate of drug-likeness (QED) is 0.652. The average molecular weight is 204 g/mol. The zero-order chi connectivity index (χ0) is 10.8. The first-order valence-corrected chi connectivity index (χ1v) is 4.73. The van der Waals surface area contributed by atoms with Gasteiger partial charge in [-0.2, -0.15) is 0 Å². The van der Waals surface area contributed by atoms with E-state index in [2.05, 4.69) is 5.10 Å². The Morgan fingerprint density at radius 3 is 2.60 bits per heavy atom. The van der Waals surface area contributed by atoms with E-state index in [9.17, 15) is 4.79 Å². The third kappa shape index (κ3) is 1.83. The first kappa shape index (κ1) is 9.71. The summed E-state index contributed by atoms with van der Waals surface area (Å²) in [4.78, 5) is 11.7. The molecule has 1 atom stereocenters. The SMILES string of the molecule is CC1=NN(C)[C@H](c2ccccc2)C(=O)O1. The Morgan fingerprint density at radius 1 is 1.33 bits per heavy atom. The third-order valence-electron chi connectivity index (χ3n) is 2.26. The zero-order valence-electron chi connectivity index (χ0n) is 8.68. The second kappa shape index (κ2) is 3.73. The second-order valence-electron chi connectivity index (χ2n) is 3.43. The van der Waals surface area contributed by atoms with Crippen molar-refractivity contribution in [2.45, 2.75) is 13.0 Å². The maximum atomic E-state index is 11.7. The van der Waals surface area contributed by atoms with Gasteiger partial charge < -0.3 is 4.74 Å². The van der Waals surface area contributed by atoms with E-state index < -0.39 is 6.04 Å². The van der Waals surface area contributed by atoms with Crippen LogP contribution in [0.5, 0.6) is 0 Å². The van der Waals surface area contributed by atoms with Crippen molar-refractivity contribution in [1.82, 2.24) is 5.01 Å². The number of hydrazone groups is 1. The summed E-state index contributed by atoms with van der Waals surface area (Å²) in [6.45, 7) is 1.66. The Hall–Kier alpha value is -1.84. The molecule has 0 aromatic heterocycles. The molecule has 0 radical (unpaired) electrons. The van der Waals surface area contributed by atoms with Crippen molar-refractivity contribution >= 4 is 11.9 Å². The summed E-state index contributed by atoms with van der Waals surface area (Å²) in [5, 5.41) is 5.72. The Labute approximate surface area is 88.2 Å². The fraction of sp³-hybridized carbons (Fsp3) is 0.273. The standard InChI is InChI=1S/C11H12N2O2/c1-8-12-13(2)10(11(14)15-8)9-6-4-3-5-7-9/h3-7,10H,1-2H3/t10-/m1/s1. The summed E-state index contributed by atoms with van der Waals surface area (Å²) in [5.41, 5.74) is 0.890. The summed E-state index contributed by atoms with van der Waals surface area (Å²) in [6, 6.07) is 9.03. The number of carbonyl (C=O) groups excluding carboxylic acids is 1. The van der Waals surface area contributed by atoms with Crippen molar-refractivity contribution in [2.75, 3.05) is 7.05 Å². The van der Waals surface area contributed by atoms with Crippen LogP contribution in [-0.4, -0.2) is 23.9 Å². The zero-order valence-corrected chi connectivity index (χ0v) is 8.68. The molecular formula is C11H12N2O2. The summed E-state index contributed by atoms with van der Waals surface area (Å²) in [5.74, 6) is 0.103. The van der Waals surface area contributed by atoms with E-state index in [1.54, 1.807) is 19.0 Å². The number of nitrogens with zero attached hydrogens (tertiary/aromatic N) is 2. The number of likely N-dealkylation sites (N-methyl/N-ethyl adjacent to an activating group) is 1. The molecule has 4 nitrogen and oxygen atoms in total. The van der Waals surface area contributed by atoms with Crippen LogP contribution in [0.4, 0.5) is 0 Å². The number of rotatable bonds is 1. The molecule has 0 unspecified atom stereocenters. The van der Waals surface area contributed by atoms with E-state index in [0.29, 0.717) is 5.90 Å². The highest BCUT2D eigenvalue weighted by Crippen LogP contribution is 2.24. The Bertz CT molecular complexity index is 400. The van der Waals surface area contributed by atoms with Gasteiger partial charge in [0.1, 0.15) is 0 Å². The molecule has 0 spiro atoms. The monoisotopic (exact) mass is 204 g/mol. The molecule has 78 valence electrons. The van der Waals surface area contributed by atoms with Crippen molar-refractivity contribution in [3.05, 3.63) is 35.9 Å². The molecule has 1 aliphatic rings. The number of benzene rings is 1. The van der Waals surface area contributed by atoms with E-state index in [1.165, 1.54) is 0 Å². The number of ether oxygens (including phenoxy) is 1. The molecule has 0 aliphatic carbocycles. The highest BCUT2D eigenvalue weighted by atomic mass is 16.5. The third-order valence-corrected chi connectivity index (χ3v) is 2.26. The van der Waals surface area contributed by atoms with E-state index >= 15 is 0 Å². The molecule has 2 rings (SSSR count). The number of hydrogen-bond donors (Lipinski definition) is 0. The molecule has 0 N–H and O–H groups in total. The van der Waals surface area contributed by atoms with Crippen molar-refractivity contribution in [3.63, 3.8) is 0 Å². The molecule has 0 saturated heterocycles. The Morgan fingerprint density at radius 2 is 2.00 bits per heavy atom. The van der Waals surface area contributed by atoms with Crippen LogP contribution in [0.2, 0.25) is 0 Å². The van der Waals surface area contributed by atoms with Gasteiger partial charge in [-0.25, -0.2) is 4.79 Å². The van der Waals surface area contributed by atoms with E-state index in [4.69, 9.17) is 4.74 Å². The number of cyclic esters (lactones) is 1. The minimum Gasteiger partial charge on any atom is -0.408 e. The van der Waals surface area contributed by atoms with E-state index in [-0.39, 0.29) is 5.97 Å². The highest BCUT2D eigenvalue weighted by Gasteiger charge is 2.30. The van der Waals surface area contributed by atoms with Crippen LogP contribution in [0.25, 0.3) is 0 Å². The minimum absolute atomic E-state index is 0.281. The maximum absolute atomic E-state index is 11.7. The predicted molar refractivity (Wildman–Crippen MR) is 56.1 cm³/mol. The van der Waals surface area contributed by atoms with Gasteiger partial charge in [-0.3, -0.25) is 5.01 Å². The molecule has 4 heteroatoms. The van der Waals surface area contributed by atoms with E-state index in [0.717, 1.165) is 5.56 Å². The fourth-order valence-corrected chi connectivity index (χ4v) is 1.64. The molecule has 1 aromatic carbocycles. The van der Waals surface area contributed by atoms with Gasteiger partial charge in [0.05, 0.1) is 0 Å². The lowest BCUT2D eigenvalue weighted by Crippen LogP contribution is -2.35. The lowest BCUT2D eigenvalue weighted by molar-refractivity contribution is -0.143. The number of carbonyl (C=O) groups is 1. The van der Waals surface area contributed by atoms with Gasteiger partial charge >= 0.3 is 5.97 Å². The van der Waals surface area contributed by atoms with Crippen molar-refractivity contribution in [1.29, 1.82) is 0 Å². The average Bonchev–Trinajstić information content (AvgIpc) is 2.17. The van der Waals surface area contributed by atoms with Crippen LogP contribution in [-0.2, 0) is 9.53 Å². The largest absolute Gasteiger partial charge is 0.408 e. The van der Waals surface area contributed by atoms with E-state index in [1.807, 2.05) is 30.3 Å². The molecule has 0 saturated carbocycles. The fourth-order valence-electron chi connectivity index (χ4n) is 1.64. The first-order valence-electron chi connectivity index (χ1n) is 4.73. The van der Waals surface area contributed by atoms with Crippen LogP contribution < -0.4 is 0 Å². The summed E-state index contributed by atoms with van der Waals surface area (Å²) >= 11 is 0.